The molecule has 1 fully saturated rings. The van der Waals surface area contributed by atoms with Gasteiger partial charge in [-0.15, -0.1) is 0 Å². The number of thiocarbonyl (C=S) groups is 1. The molecule has 9 heteroatoms. The summed E-state index contributed by atoms with van der Waals surface area (Å²) in [7, 11) is 0. The van der Waals surface area contributed by atoms with E-state index in [1.54, 1.807) is 62.1 Å². The van der Waals surface area contributed by atoms with Crippen LogP contribution in [0.15, 0.2) is 59.2 Å². The number of hydrogen-bond acceptors (Lipinski definition) is 4. The van der Waals surface area contributed by atoms with Crippen LogP contribution in [0.2, 0.25) is 0 Å². The summed E-state index contributed by atoms with van der Waals surface area (Å²) in [6.45, 7) is 12.4. The second-order valence-electron chi connectivity index (χ2n) is 8.34. The number of hydrogen-bond donors (Lipinski definition) is 1. The zero-order valence-corrected chi connectivity index (χ0v) is 19.6. The van der Waals surface area contributed by atoms with Gasteiger partial charge in [0.15, 0.2) is 16.6 Å². The lowest BCUT2D eigenvalue weighted by Crippen LogP contribution is -2.44. The summed E-state index contributed by atoms with van der Waals surface area (Å²) in [6.07, 6.45) is 1.38. The van der Waals surface area contributed by atoms with Gasteiger partial charge < -0.3 is 14.6 Å². The van der Waals surface area contributed by atoms with E-state index in [9.17, 15) is 14.0 Å². The zero-order chi connectivity index (χ0) is 24.6. The SMILES string of the molecule is [C-]#[N+]c1ccc(N2C(=O)C(C)(C)N(c3ccc(CNC(=O)c4ccco4)c(F)c3)C2=S)cc1C. The number of anilines is 2. The Hall–Kier alpha value is -4.03. The highest BCUT2D eigenvalue weighted by Gasteiger charge is 2.50. The molecule has 3 aromatic rings. The van der Waals surface area contributed by atoms with Gasteiger partial charge in [-0.3, -0.25) is 14.5 Å². The third-order valence-electron chi connectivity index (χ3n) is 5.71. The van der Waals surface area contributed by atoms with Crippen molar-refractivity contribution in [2.24, 2.45) is 0 Å². The van der Waals surface area contributed by atoms with Gasteiger partial charge in [-0.05, 0) is 75.0 Å². The lowest BCUT2D eigenvalue weighted by molar-refractivity contribution is -0.120. The van der Waals surface area contributed by atoms with Crippen LogP contribution in [-0.2, 0) is 11.3 Å². The van der Waals surface area contributed by atoms with Crippen LogP contribution in [0.25, 0.3) is 4.85 Å². The highest BCUT2D eigenvalue weighted by atomic mass is 32.1. The van der Waals surface area contributed by atoms with Gasteiger partial charge in [0.25, 0.3) is 11.8 Å². The third-order valence-corrected chi connectivity index (χ3v) is 6.07. The van der Waals surface area contributed by atoms with Crippen molar-refractivity contribution in [2.75, 3.05) is 9.80 Å². The number of carbonyl (C=O) groups is 2. The highest BCUT2D eigenvalue weighted by Crippen LogP contribution is 2.38. The predicted octanol–water partition coefficient (Wildman–Crippen LogP) is 5.12. The fraction of sp³-hybridized carbons (Fsp3) is 0.200. The molecule has 1 saturated heterocycles. The number of furan rings is 1. The molecule has 0 unspecified atom stereocenters. The molecule has 1 aromatic heterocycles. The first-order valence-electron chi connectivity index (χ1n) is 10.4. The number of amides is 2. The fourth-order valence-corrected chi connectivity index (χ4v) is 4.37. The molecule has 4 rings (SSSR count). The van der Waals surface area contributed by atoms with Crippen LogP contribution in [-0.4, -0.2) is 22.5 Å². The molecule has 0 saturated carbocycles. The number of aryl methyl sites for hydroxylation is 1. The summed E-state index contributed by atoms with van der Waals surface area (Å²) in [5.74, 6) is -1.11. The van der Waals surface area contributed by atoms with Crippen molar-refractivity contribution in [1.29, 1.82) is 0 Å². The molecule has 0 aliphatic carbocycles. The molecular formula is C25H21FN4O3S. The van der Waals surface area contributed by atoms with E-state index >= 15 is 0 Å². The number of nitrogens with one attached hydrogen (secondary N) is 1. The third kappa shape index (κ3) is 3.93. The summed E-state index contributed by atoms with van der Waals surface area (Å²) in [6, 6.07) is 12.7. The Kier molecular flexibility index (Phi) is 5.94. The van der Waals surface area contributed by atoms with Crippen LogP contribution in [0.3, 0.4) is 0 Å². The molecule has 172 valence electrons. The maximum atomic E-state index is 15.0. The Balaban J connectivity index is 1.59. The highest BCUT2D eigenvalue weighted by molar-refractivity contribution is 7.81. The predicted molar refractivity (Wildman–Crippen MR) is 130 cm³/mol. The van der Waals surface area contributed by atoms with Crippen molar-refractivity contribution in [3.8, 4) is 0 Å². The number of benzene rings is 2. The summed E-state index contributed by atoms with van der Waals surface area (Å²) >= 11 is 5.64. The van der Waals surface area contributed by atoms with Crippen molar-refractivity contribution in [1.82, 2.24) is 5.32 Å². The molecule has 7 nitrogen and oxygen atoms in total. The quantitative estimate of drug-likeness (QED) is 0.409. The minimum atomic E-state index is -1.06. The summed E-state index contributed by atoms with van der Waals surface area (Å²) in [5, 5.41) is 2.82. The van der Waals surface area contributed by atoms with Crippen LogP contribution >= 0.6 is 12.2 Å². The largest absolute Gasteiger partial charge is 0.459 e. The minimum Gasteiger partial charge on any atom is -0.459 e. The van der Waals surface area contributed by atoms with Gasteiger partial charge in [-0.25, -0.2) is 9.24 Å². The number of carbonyl (C=O) groups excluding carboxylic acids is 2. The maximum absolute atomic E-state index is 15.0. The van der Waals surface area contributed by atoms with Gasteiger partial charge in [-0.1, -0.05) is 12.1 Å². The molecular weight excluding hydrogens is 455 g/mol. The lowest BCUT2D eigenvalue weighted by Gasteiger charge is -2.29. The van der Waals surface area contributed by atoms with Crippen LogP contribution in [0.1, 0.15) is 35.5 Å². The smallest absolute Gasteiger partial charge is 0.287 e. The molecule has 0 atom stereocenters. The molecule has 34 heavy (non-hydrogen) atoms. The minimum absolute atomic E-state index is 0.0305. The average molecular weight is 477 g/mol. The Morgan fingerprint density at radius 1 is 1.21 bits per heavy atom. The van der Waals surface area contributed by atoms with Crippen molar-refractivity contribution < 1.29 is 18.4 Å². The molecule has 2 amide bonds. The Morgan fingerprint density at radius 2 is 1.94 bits per heavy atom. The zero-order valence-electron chi connectivity index (χ0n) is 18.8. The maximum Gasteiger partial charge on any atom is 0.287 e. The molecule has 1 N–H and O–H groups in total. The van der Waals surface area contributed by atoms with Gasteiger partial charge in [0.2, 0.25) is 0 Å². The van der Waals surface area contributed by atoms with Crippen LogP contribution in [0.4, 0.5) is 21.5 Å². The van der Waals surface area contributed by atoms with Crippen molar-refractivity contribution in [2.45, 2.75) is 32.9 Å². The Morgan fingerprint density at radius 3 is 2.56 bits per heavy atom. The fourth-order valence-electron chi connectivity index (χ4n) is 3.85. The summed E-state index contributed by atoms with van der Waals surface area (Å²) < 4.78 is 20.0. The van der Waals surface area contributed by atoms with E-state index in [1.807, 2.05) is 0 Å². The first kappa shape index (κ1) is 23.1. The van der Waals surface area contributed by atoms with Crippen molar-refractivity contribution in [3.05, 3.63) is 88.9 Å². The molecule has 2 heterocycles. The van der Waals surface area contributed by atoms with E-state index in [0.29, 0.717) is 17.1 Å². The van der Waals surface area contributed by atoms with Gasteiger partial charge >= 0.3 is 0 Å². The van der Waals surface area contributed by atoms with E-state index in [1.165, 1.54) is 23.3 Å². The normalized spacial score (nSPS) is 14.9. The molecule has 2 aromatic carbocycles. The first-order chi connectivity index (χ1) is 16.1. The Bertz CT molecular complexity index is 1340. The first-order valence-corrected chi connectivity index (χ1v) is 10.8. The van der Waals surface area contributed by atoms with Crippen molar-refractivity contribution >= 4 is 46.2 Å². The average Bonchev–Trinajstić information content (AvgIpc) is 3.39. The van der Waals surface area contributed by atoms with Crippen LogP contribution < -0.4 is 15.1 Å². The van der Waals surface area contributed by atoms with E-state index in [2.05, 4.69) is 10.2 Å². The molecule has 0 bridgehead atoms. The van der Waals surface area contributed by atoms with Gasteiger partial charge in [0, 0.05) is 23.5 Å². The lowest BCUT2D eigenvalue weighted by atomic mass is 10.0. The topological polar surface area (TPSA) is 70.2 Å². The standard InChI is InChI=1S/C25H21FN4O3S/c1-15-12-17(9-10-20(15)27-4)29-23(32)25(2,3)30(24(29)34)18-8-7-16(19(26)13-18)14-28-22(31)21-6-5-11-33-21/h5-13H,14H2,1-3H3,(H,28,31). The van der Waals surface area contributed by atoms with Crippen LogP contribution in [0, 0.1) is 19.3 Å². The number of rotatable bonds is 5. The molecule has 1 aliphatic rings. The Labute approximate surface area is 201 Å². The number of nitrogens with zero attached hydrogens (tertiary/aromatic N) is 3. The molecule has 1 aliphatic heterocycles. The van der Waals surface area contributed by atoms with E-state index < -0.39 is 17.3 Å². The van der Waals surface area contributed by atoms with Gasteiger partial charge in [-0.2, -0.15) is 0 Å². The van der Waals surface area contributed by atoms with E-state index in [0.717, 1.165) is 5.56 Å². The molecule has 0 spiro atoms. The second-order valence-corrected chi connectivity index (χ2v) is 8.70. The van der Waals surface area contributed by atoms with Crippen LogP contribution in [0.5, 0.6) is 0 Å². The van der Waals surface area contributed by atoms with E-state index in [-0.39, 0.29) is 28.9 Å². The summed E-state index contributed by atoms with van der Waals surface area (Å²) in [5.41, 5.74) is 1.40. The molecule has 0 radical (unpaired) electrons. The van der Waals surface area contributed by atoms with E-state index in [4.69, 9.17) is 23.2 Å². The van der Waals surface area contributed by atoms with Gasteiger partial charge in [0.05, 0.1) is 12.8 Å². The number of halogens is 1. The summed E-state index contributed by atoms with van der Waals surface area (Å²) in [4.78, 5) is 31.8. The monoisotopic (exact) mass is 476 g/mol. The van der Waals surface area contributed by atoms with Crippen molar-refractivity contribution in [3.63, 3.8) is 0 Å². The van der Waals surface area contributed by atoms with Gasteiger partial charge in [0.1, 0.15) is 11.4 Å². The second kappa shape index (κ2) is 8.72.